The van der Waals surface area contributed by atoms with E-state index in [2.05, 4.69) is 5.32 Å². The van der Waals surface area contributed by atoms with E-state index < -0.39 is 40.3 Å². The van der Waals surface area contributed by atoms with Crippen LogP contribution in [0.25, 0.3) is 11.3 Å². The van der Waals surface area contributed by atoms with Crippen molar-refractivity contribution >= 4 is 11.8 Å². The molecule has 2 heterocycles. The number of pyridine rings is 1. The molecule has 0 aliphatic carbocycles. The van der Waals surface area contributed by atoms with Gasteiger partial charge in [-0.1, -0.05) is 0 Å². The van der Waals surface area contributed by atoms with Crippen LogP contribution >= 0.6 is 0 Å². The van der Waals surface area contributed by atoms with E-state index in [1.807, 2.05) is 0 Å². The Bertz CT molecular complexity index is 1110. The Labute approximate surface area is 180 Å². The first-order valence-corrected chi connectivity index (χ1v) is 9.86. The Hall–Kier alpha value is -3.37. The molecule has 2 aromatic rings. The van der Waals surface area contributed by atoms with Gasteiger partial charge >= 0.3 is 6.18 Å². The fraction of sp³-hybridized carbons (Fsp3) is 0.381. The number of likely N-dealkylation sites (tertiary alicyclic amines) is 1. The number of hydrogen-bond acceptors (Lipinski definition) is 4. The quantitative estimate of drug-likeness (QED) is 0.518. The van der Waals surface area contributed by atoms with Crippen molar-refractivity contribution in [3.05, 3.63) is 51.6 Å². The van der Waals surface area contributed by atoms with Crippen molar-refractivity contribution in [1.82, 2.24) is 14.8 Å². The molecule has 0 radical (unpaired) electrons. The summed E-state index contributed by atoms with van der Waals surface area (Å²) >= 11 is 0. The molecule has 1 saturated heterocycles. The number of nitrogens with zero attached hydrogens (tertiary/aromatic N) is 2. The summed E-state index contributed by atoms with van der Waals surface area (Å²) in [7, 11) is 1.18. The van der Waals surface area contributed by atoms with E-state index >= 15 is 0 Å². The van der Waals surface area contributed by atoms with Crippen molar-refractivity contribution in [3.8, 4) is 17.0 Å². The van der Waals surface area contributed by atoms with Gasteiger partial charge in [0.15, 0.2) is 5.75 Å². The number of nitrogens with one attached hydrogen (secondary N) is 1. The van der Waals surface area contributed by atoms with Crippen LogP contribution in [0.5, 0.6) is 5.75 Å². The van der Waals surface area contributed by atoms with E-state index in [0.29, 0.717) is 38.1 Å². The summed E-state index contributed by atoms with van der Waals surface area (Å²) in [6.07, 6.45) is -3.10. The molecule has 1 fully saturated rings. The van der Waals surface area contributed by atoms with Crippen LogP contribution in [-0.2, 0) is 18.0 Å². The topological polar surface area (TPSA) is 91.6 Å². The number of halogens is 4. The van der Waals surface area contributed by atoms with Gasteiger partial charge in [0.25, 0.3) is 11.5 Å². The van der Waals surface area contributed by atoms with Crippen molar-refractivity contribution in [2.45, 2.75) is 25.4 Å². The molecular weight excluding hydrogens is 434 g/mol. The average molecular weight is 455 g/mol. The lowest BCUT2D eigenvalue weighted by Crippen LogP contribution is -2.31. The van der Waals surface area contributed by atoms with E-state index in [-0.39, 0.29) is 23.7 Å². The van der Waals surface area contributed by atoms with Crippen molar-refractivity contribution < 1.29 is 32.3 Å². The van der Waals surface area contributed by atoms with Gasteiger partial charge in [0.05, 0.1) is 16.8 Å². The Kier molecular flexibility index (Phi) is 6.56. The van der Waals surface area contributed by atoms with Gasteiger partial charge in [-0.15, -0.1) is 0 Å². The molecule has 1 aliphatic heterocycles. The third kappa shape index (κ3) is 4.92. The molecule has 11 heteroatoms. The molecule has 7 nitrogen and oxygen atoms in total. The largest absolute Gasteiger partial charge is 0.502 e. The van der Waals surface area contributed by atoms with E-state index in [4.69, 9.17) is 0 Å². The number of alkyl halides is 3. The summed E-state index contributed by atoms with van der Waals surface area (Å²) in [4.78, 5) is 38.1. The van der Waals surface area contributed by atoms with Gasteiger partial charge in [-0.05, 0) is 37.1 Å². The highest BCUT2D eigenvalue weighted by Gasteiger charge is 2.32. The second kappa shape index (κ2) is 9.01. The summed E-state index contributed by atoms with van der Waals surface area (Å²) in [5.41, 5.74) is -3.18. The molecule has 1 aromatic carbocycles. The lowest BCUT2D eigenvalue weighted by Gasteiger charge is -2.16. The Morgan fingerprint density at radius 1 is 1.19 bits per heavy atom. The maximum absolute atomic E-state index is 13.8. The normalized spacial score (nSPS) is 14.2. The zero-order valence-electron chi connectivity index (χ0n) is 17.1. The summed E-state index contributed by atoms with van der Waals surface area (Å²) in [6, 6.07) is 2.81. The van der Waals surface area contributed by atoms with Gasteiger partial charge in [0.1, 0.15) is 5.82 Å². The van der Waals surface area contributed by atoms with Crippen LogP contribution in [0.2, 0.25) is 0 Å². The number of carbonyl (C=O) groups is 2. The predicted octanol–water partition coefficient (Wildman–Crippen LogP) is 2.66. The molecule has 0 bridgehead atoms. The summed E-state index contributed by atoms with van der Waals surface area (Å²) in [6.45, 7) is 1.24. The minimum Gasteiger partial charge on any atom is -0.502 e. The fourth-order valence-electron chi connectivity index (χ4n) is 3.54. The van der Waals surface area contributed by atoms with Crippen LogP contribution in [0.4, 0.5) is 17.6 Å². The zero-order valence-corrected chi connectivity index (χ0v) is 17.1. The van der Waals surface area contributed by atoms with Gasteiger partial charge in [-0.3, -0.25) is 14.4 Å². The van der Waals surface area contributed by atoms with Crippen LogP contribution in [0.15, 0.2) is 29.1 Å². The number of aromatic hydroxyl groups is 1. The van der Waals surface area contributed by atoms with Crippen LogP contribution in [0.3, 0.4) is 0 Å². The second-order valence-electron chi connectivity index (χ2n) is 7.48. The third-order valence-electron chi connectivity index (χ3n) is 5.23. The zero-order chi connectivity index (χ0) is 23.6. The van der Waals surface area contributed by atoms with Gasteiger partial charge in [-0.2, -0.15) is 13.2 Å². The number of carbonyl (C=O) groups excluding carboxylic acids is 2. The Morgan fingerprint density at radius 3 is 2.53 bits per heavy atom. The van der Waals surface area contributed by atoms with Crippen LogP contribution in [0, 0.1) is 5.82 Å². The van der Waals surface area contributed by atoms with E-state index in [1.54, 1.807) is 4.90 Å². The number of amides is 2. The maximum Gasteiger partial charge on any atom is 0.416 e. The SMILES string of the molecule is Cn1c(-c2cc(F)cc(C(F)(F)F)c2)cc(C(=O)NCCCN2CCCC2=O)c(O)c1=O. The minimum absolute atomic E-state index is 0.0403. The molecule has 2 N–H and O–H groups in total. The summed E-state index contributed by atoms with van der Waals surface area (Å²) < 4.78 is 53.8. The molecule has 3 rings (SSSR count). The molecule has 1 aliphatic rings. The molecule has 172 valence electrons. The van der Waals surface area contributed by atoms with Crippen LogP contribution < -0.4 is 10.9 Å². The highest BCUT2D eigenvalue weighted by Crippen LogP contribution is 2.33. The third-order valence-corrected chi connectivity index (χ3v) is 5.23. The van der Waals surface area contributed by atoms with E-state index in [0.717, 1.165) is 23.1 Å². The molecule has 0 spiro atoms. The molecular formula is C21H21F4N3O4. The highest BCUT2D eigenvalue weighted by molar-refractivity contribution is 5.97. The van der Waals surface area contributed by atoms with E-state index in [9.17, 15) is 37.1 Å². The highest BCUT2D eigenvalue weighted by atomic mass is 19.4. The molecule has 0 saturated carbocycles. The number of hydrogen-bond donors (Lipinski definition) is 2. The van der Waals surface area contributed by atoms with Crippen LogP contribution in [0.1, 0.15) is 35.2 Å². The average Bonchev–Trinajstić information content (AvgIpc) is 3.13. The molecule has 0 atom stereocenters. The first-order valence-electron chi connectivity index (χ1n) is 9.86. The van der Waals surface area contributed by atoms with Crippen molar-refractivity contribution in [2.24, 2.45) is 7.05 Å². The summed E-state index contributed by atoms with van der Waals surface area (Å²) in [5.74, 6) is -2.83. The molecule has 0 unspecified atom stereocenters. The monoisotopic (exact) mass is 455 g/mol. The number of rotatable bonds is 6. The maximum atomic E-state index is 13.8. The molecule has 1 aromatic heterocycles. The second-order valence-corrected chi connectivity index (χ2v) is 7.48. The fourth-order valence-corrected chi connectivity index (χ4v) is 3.54. The predicted molar refractivity (Wildman–Crippen MR) is 107 cm³/mol. The van der Waals surface area contributed by atoms with E-state index in [1.165, 1.54) is 7.05 Å². The molecule has 32 heavy (non-hydrogen) atoms. The van der Waals surface area contributed by atoms with Gasteiger partial charge < -0.3 is 19.9 Å². The van der Waals surface area contributed by atoms with Crippen molar-refractivity contribution in [3.63, 3.8) is 0 Å². The van der Waals surface area contributed by atoms with Gasteiger partial charge in [0.2, 0.25) is 5.91 Å². The smallest absolute Gasteiger partial charge is 0.416 e. The number of aromatic nitrogens is 1. The Balaban J connectivity index is 1.84. The Morgan fingerprint density at radius 2 is 1.91 bits per heavy atom. The first-order chi connectivity index (χ1) is 15.0. The van der Waals surface area contributed by atoms with Crippen molar-refractivity contribution in [2.75, 3.05) is 19.6 Å². The summed E-state index contributed by atoms with van der Waals surface area (Å²) in [5, 5.41) is 12.6. The number of benzene rings is 1. The van der Waals surface area contributed by atoms with Gasteiger partial charge in [-0.25, -0.2) is 4.39 Å². The van der Waals surface area contributed by atoms with Crippen molar-refractivity contribution in [1.29, 1.82) is 0 Å². The standard InChI is InChI=1S/C21H21F4N3O4/c1-27-16(12-8-13(21(23,24)25)10-14(22)9-12)11-15(18(30)20(27)32)19(31)26-5-3-7-28-6-2-4-17(28)29/h8-11,30H,2-7H2,1H3,(H,26,31). The van der Waals surface area contributed by atoms with Gasteiger partial charge in [0, 0.05) is 38.7 Å². The van der Waals surface area contributed by atoms with Crippen LogP contribution in [-0.4, -0.2) is 46.0 Å². The molecule has 2 amide bonds. The first kappa shape index (κ1) is 23.3. The lowest BCUT2D eigenvalue weighted by molar-refractivity contribution is -0.137. The minimum atomic E-state index is -4.82. The lowest BCUT2D eigenvalue weighted by atomic mass is 10.0.